The molecular formula is C15H26N2OS. The Morgan fingerprint density at radius 3 is 2.84 bits per heavy atom. The maximum Gasteiger partial charge on any atom is 0.0944 e. The van der Waals surface area contributed by atoms with Crippen molar-refractivity contribution < 1.29 is 5.11 Å². The highest BCUT2D eigenvalue weighted by molar-refractivity contribution is 7.11. The van der Waals surface area contributed by atoms with Crippen LogP contribution in [-0.4, -0.2) is 34.6 Å². The normalized spacial score (nSPS) is 21.2. The third-order valence-corrected chi connectivity index (χ3v) is 4.96. The van der Waals surface area contributed by atoms with E-state index in [-0.39, 0.29) is 6.61 Å². The Balaban J connectivity index is 1.92. The van der Waals surface area contributed by atoms with Crippen molar-refractivity contribution in [1.29, 1.82) is 0 Å². The molecule has 0 saturated carbocycles. The lowest BCUT2D eigenvalue weighted by atomic mass is 10.0. The molecule has 1 atom stereocenters. The number of aliphatic hydroxyl groups excluding tert-OH is 1. The summed E-state index contributed by atoms with van der Waals surface area (Å²) in [5, 5.41) is 10.6. The zero-order valence-electron chi connectivity index (χ0n) is 12.4. The van der Waals surface area contributed by atoms with Crippen LogP contribution in [0, 0.1) is 5.92 Å². The van der Waals surface area contributed by atoms with E-state index in [4.69, 9.17) is 4.98 Å². The van der Waals surface area contributed by atoms with E-state index >= 15 is 0 Å². The Labute approximate surface area is 120 Å². The number of aromatic nitrogens is 1. The van der Waals surface area contributed by atoms with Crippen LogP contribution >= 0.6 is 11.3 Å². The summed E-state index contributed by atoms with van der Waals surface area (Å²) in [5.41, 5.74) is 1.09. The molecule has 19 heavy (non-hydrogen) atoms. The van der Waals surface area contributed by atoms with Gasteiger partial charge in [-0.15, -0.1) is 11.3 Å². The zero-order chi connectivity index (χ0) is 13.8. The largest absolute Gasteiger partial charge is 0.391 e. The highest BCUT2D eigenvalue weighted by Crippen LogP contribution is 2.26. The number of aliphatic hydroxyl groups is 1. The third-order valence-electron chi connectivity index (χ3n) is 3.85. The number of hydrogen-bond acceptors (Lipinski definition) is 4. The number of nitrogens with zero attached hydrogens (tertiary/aromatic N) is 2. The number of thiazole rings is 1. The van der Waals surface area contributed by atoms with Crippen LogP contribution in [0.25, 0.3) is 0 Å². The molecule has 1 unspecified atom stereocenters. The summed E-state index contributed by atoms with van der Waals surface area (Å²) in [7, 11) is 0. The molecule has 0 spiro atoms. The summed E-state index contributed by atoms with van der Waals surface area (Å²) in [6, 6.07) is 0. The standard InChI is InChI=1S/C15H26N2OS/c1-11(2)15-13(10-18)19-14(16-15)6-8-17-7-4-5-12(3)9-17/h11-12,18H,4-10H2,1-3H3. The summed E-state index contributed by atoms with van der Waals surface area (Å²) in [5.74, 6) is 1.24. The Kier molecular flexibility index (Phi) is 5.37. The minimum absolute atomic E-state index is 0.131. The molecule has 108 valence electrons. The first-order valence-corrected chi connectivity index (χ1v) is 8.23. The lowest BCUT2D eigenvalue weighted by molar-refractivity contribution is 0.186. The van der Waals surface area contributed by atoms with Gasteiger partial charge in [0.15, 0.2) is 0 Å². The average molecular weight is 282 g/mol. The molecule has 3 nitrogen and oxygen atoms in total. The van der Waals surface area contributed by atoms with Gasteiger partial charge in [-0.2, -0.15) is 0 Å². The van der Waals surface area contributed by atoms with Crippen LogP contribution in [0.3, 0.4) is 0 Å². The molecule has 1 saturated heterocycles. The van der Waals surface area contributed by atoms with Crippen LogP contribution in [0.15, 0.2) is 0 Å². The maximum atomic E-state index is 9.39. The fraction of sp³-hybridized carbons (Fsp3) is 0.800. The monoisotopic (exact) mass is 282 g/mol. The van der Waals surface area contributed by atoms with Crippen molar-refractivity contribution in [2.45, 2.75) is 52.6 Å². The summed E-state index contributed by atoms with van der Waals surface area (Å²) in [6.45, 7) is 10.3. The molecule has 0 bridgehead atoms. The molecular weight excluding hydrogens is 256 g/mol. The Hall–Kier alpha value is -0.450. The lowest BCUT2D eigenvalue weighted by Gasteiger charge is -2.30. The lowest BCUT2D eigenvalue weighted by Crippen LogP contribution is -2.35. The van der Waals surface area contributed by atoms with Crippen molar-refractivity contribution in [3.05, 3.63) is 15.6 Å². The molecule has 0 amide bonds. The first-order valence-electron chi connectivity index (χ1n) is 7.41. The minimum Gasteiger partial charge on any atom is -0.391 e. The molecule has 2 heterocycles. The fourth-order valence-electron chi connectivity index (χ4n) is 2.83. The van der Waals surface area contributed by atoms with Crippen LogP contribution in [0.4, 0.5) is 0 Å². The molecule has 1 fully saturated rings. The average Bonchev–Trinajstić information content (AvgIpc) is 2.80. The Bertz CT molecular complexity index is 403. The van der Waals surface area contributed by atoms with Crippen LogP contribution < -0.4 is 0 Å². The highest BCUT2D eigenvalue weighted by Gasteiger charge is 2.18. The minimum atomic E-state index is 0.131. The van der Waals surface area contributed by atoms with Gasteiger partial charge in [-0.3, -0.25) is 0 Å². The Morgan fingerprint density at radius 1 is 1.47 bits per heavy atom. The SMILES string of the molecule is CC1CCCN(CCc2nc(C(C)C)c(CO)s2)C1. The highest BCUT2D eigenvalue weighted by atomic mass is 32.1. The molecule has 1 aliphatic heterocycles. The van der Waals surface area contributed by atoms with Gasteiger partial charge in [-0.1, -0.05) is 20.8 Å². The predicted octanol–water partition coefficient (Wildman–Crippen LogP) is 3.03. The van der Waals surface area contributed by atoms with Gasteiger partial charge < -0.3 is 10.0 Å². The van der Waals surface area contributed by atoms with Crippen LogP contribution in [0.1, 0.15) is 55.1 Å². The summed E-state index contributed by atoms with van der Waals surface area (Å²) < 4.78 is 0. The van der Waals surface area contributed by atoms with Crippen molar-refractivity contribution in [1.82, 2.24) is 9.88 Å². The topological polar surface area (TPSA) is 36.4 Å². The first-order chi connectivity index (χ1) is 9.10. The van der Waals surface area contributed by atoms with Crippen molar-refractivity contribution >= 4 is 11.3 Å². The van der Waals surface area contributed by atoms with E-state index in [0.29, 0.717) is 5.92 Å². The molecule has 0 aromatic carbocycles. The van der Waals surface area contributed by atoms with Gasteiger partial charge in [0, 0.05) is 19.5 Å². The summed E-state index contributed by atoms with van der Waals surface area (Å²) in [6.07, 6.45) is 3.73. The summed E-state index contributed by atoms with van der Waals surface area (Å²) >= 11 is 1.69. The van der Waals surface area contributed by atoms with E-state index < -0.39 is 0 Å². The van der Waals surface area contributed by atoms with E-state index in [1.165, 1.54) is 30.9 Å². The van der Waals surface area contributed by atoms with Crippen molar-refractivity contribution in [2.24, 2.45) is 5.92 Å². The van der Waals surface area contributed by atoms with Gasteiger partial charge in [-0.25, -0.2) is 4.98 Å². The van der Waals surface area contributed by atoms with Gasteiger partial charge in [0.05, 0.1) is 22.2 Å². The van der Waals surface area contributed by atoms with Crippen molar-refractivity contribution in [3.63, 3.8) is 0 Å². The van der Waals surface area contributed by atoms with Crippen molar-refractivity contribution in [3.8, 4) is 0 Å². The summed E-state index contributed by atoms with van der Waals surface area (Å²) in [4.78, 5) is 8.33. The molecule has 2 rings (SSSR count). The van der Waals surface area contributed by atoms with Gasteiger partial charge >= 0.3 is 0 Å². The quantitative estimate of drug-likeness (QED) is 0.902. The van der Waals surface area contributed by atoms with Crippen LogP contribution in [0.2, 0.25) is 0 Å². The van der Waals surface area contributed by atoms with E-state index in [1.54, 1.807) is 11.3 Å². The first kappa shape index (κ1) is 14.9. The number of hydrogen-bond donors (Lipinski definition) is 1. The smallest absolute Gasteiger partial charge is 0.0944 e. The van der Waals surface area contributed by atoms with Gasteiger partial charge in [0.25, 0.3) is 0 Å². The van der Waals surface area contributed by atoms with E-state index in [2.05, 4.69) is 25.7 Å². The predicted molar refractivity (Wildman–Crippen MR) is 80.7 cm³/mol. The molecule has 0 aliphatic carbocycles. The van der Waals surface area contributed by atoms with E-state index in [1.807, 2.05) is 0 Å². The van der Waals surface area contributed by atoms with Crippen LogP contribution in [-0.2, 0) is 13.0 Å². The second kappa shape index (κ2) is 6.82. The van der Waals surface area contributed by atoms with E-state index in [9.17, 15) is 5.11 Å². The second-order valence-electron chi connectivity index (χ2n) is 6.03. The Morgan fingerprint density at radius 2 is 2.26 bits per heavy atom. The molecule has 1 aliphatic rings. The molecule has 1 aromatic heterocycles. The molecule has 0 radical (unpaired) electrons. The molecule has 4 heteroatoms. The number of rotatable bonds is 5. The zero-order valence-corrected chi connectivity index (χ0v) is 13.2. The van der Waals surface area contributed by atoms with Gasteiger partial charge in [-0.05, 0) is 31.2 Å². The second-order valence-corrected chi connectivity index (χ2v) is 7.20. The van der Waals surface area contributed by atoms with Gasteiger partial charge in [0.1, 0.15) is 0 Å². The number of likely N-dealkylation sites (tertiary alicyclic amines) is 1. The number of piperidine rings is 1. The van der Waals surface area contributed by atoms with Gasteiger partial charge in [0.2, 0.25) is 0 Å². The third kappa shape index (κ3) is 4.01. The molecule has 1 aromatic rings. The van der Waals surface area contributed by atoms with E-state index in [0.717, 1.165) is 29.5 Å². The maximum absolute atomic E-state index is 9.39. The molecule has 1 N–H and O–H groups in total. The van der Waals surface area contributed by atoms with Crippen molar-refractivity contribution in [2.75, 3.05) is 19.6 Å². The fourth-order valence-corrected chi connectivity index (χ4v) is 3.90. The van der Waals surface area contributed by atoms with Crippen LogP contribution in [0.5, 0.6) is 0 Å².